The van der Waals surface area contributed by atoms with Crippen LogP contribution in [0.25, 0.3) is 0 Å². The lowest BCUT2D eigenvalue weighted by atomic mass is 9.65. The van der Waals surface area contributed by atoms with Gasteiger partial charge in [0.25, 0.3) is 0 Å². The van der Waals surface area contributed by atoms with Crippen LogP contribution >= 0.6 is 0 Å². The Kier molecular flexibility index (Phi) is 4.77. The molecule has 2 rings (SSSR count). The highest BCUT2D eigenvalue weighted by molar-refractivity contribution is 7.91. The first-order valence-electron chi connectivity index (χ1n) is 8.18. The number of hydrogen-bond donors (Lipinski definition) is 2. The van der Waals surface area contributed by atoms with Crippen molar-refractivity contribution in [3.05, 3.63) is 0 Å². The van der Waals surface area contributed by atoms with Crippen LogP contribution in [-0.4, -0.2) is 37.7 Å². The van der Waals surface area contributed by atoms with Crippen molar-refractivity contribution in [2.45, 2.75) is 59.0 Å². The zero-order valence-electron chi connectivity index (χ0n) is 13.6. The van der Waals surface area contributed by atoms with Gasteiger partial charge in [0.2, 0.25) is 0 Å². The molecule has 0 aromatic rings. The van der Waals surface area contributed by atoms with Gasteiger partial charge < -0.3 is 10.8 Å². The van der Waals surface area contributed by atoms with Crippen LogP contribution < -0.4 is 5.73 Å². The van der Waals surface area contributed by atoms with Gasteiger partial charge in [-0.1, -0.05) is 20.8 Å². The largest absolute Gasteiger partial charge is 0.392 e. The van der Waals surface area contributed by atoms with Crippen LogP contribution in [-0.2, 0) is 9.84 Å². The Morgan fingerprint density at radius 3 is 2.19 bits per heavy atom. The molecule has 0 amide bonds. The van der Waals surface area contributed by atoms with E-state index < -0.39 is 21.4 Å². The number of hydrogen-bond acceptors (Lipinski definition) is 4. The van der Waals surface area contributed by atoms with Gasteiger partial charge in [-0.15, -0.1) is 0 Å². The van der Waals surface area contributed by atoms with Crippen molar-refractivity contribution >= 4 is 9.84 Å². The van der Waals surface area contributed by atoms with Crippen molar-refractivity contribution in [1.82, 2.24) is 0 Å². The zero-order chi connectivity index (χ0) is 15.9. The summed E-state index contributed by atoms with van der Waals surface area (Å²) >= 11 is 0. The molecule has 0 radical (unpaired) electrons. The molecule has 2 unspecified atom stereocenters. The Morgan fingerprint density at radius 2 is 1.81 bits per heavy atom. The molecule has 2 atom stereocenters. The molecule has 3 N–H and O–H groups in total. The maximum Gasteiger partial charge on any atom is 0.151 e. The Bertz CT molecular complexity index is 460. The van der Waals surface area contributed by atoms with E-state index in [4.69, 9.17) is 5.73 Å². The molecule has 0 aromatic heterocycles. The molecule has 0 aromatic carbocycles. The molecule has 2 aliphatic rings. The summed E-state index contributed by atoms with van der Waals surface area (Å²) in [7, 11) is -3.02. The average Bonchev–Trinajstić information content (AvgIpc) is 2.74. The fraction of sp³-hybridized carbons (Fsp3) is 1.00. The number of aliphatic hydroxyl groups excluding tert-OH is 1. The van der Waals surface area contributed by atoms with Gasteiger partial charge in [-0.2, -0.15) is 0 Å². The van der Waals surface area contributed by atoms with E-state index in [0.29, 0.717) is 17.8 Å². The molecule has 124 valence electrons. The number of rotatable bonds is 3. The highest BCUT2D eigenvalue weighted by Gasteiger charge is 2.49. The van der Waals surface area contributed by atoms with E-state index in [1.54, 1.807) is 0 Å². The molecular weight excluding hydrogens is 286 g/mol. The summed E-state index contributed by atoms with van der Waals surface area (Å²) in [6.45, 7) is 7.10. The van der Waals surface area contributed by atoms with Crippen LogP contribution in [0.2, 0.25) is 0 Å². The maximum absolute atomic E-state index is 11.8. The van der Waals surface area contributed by atoms with Crippen LogP contribution in [0, 0.1) is 22.7 Å². The van der Waals surface area contributed by atoms with E-state index in [1.807, 2.05) is 0 Å². The number of aliphatic hydroxyl groups is 1. The lowest BCUT2D eigenvalue weighted by molar-refractivity contribution is -0.0248. The lowest BCUT2D eigenvalue weighted by Gasteiger charge is -2.42. The summed E-state index contributed by atoms with van der Waals surface area (Å²) < 4.78 is 23.6. The molecule has 4 nitrogen and oxygen atoms in total. The average molecular weight is 317 g/mol. The highest BCUT2D eigenvalue weighted by atomic mass is 32.2. The van der Waals surface area contributed by atoms with Crippen molar-refractivity contribution < 1.29 is 13.5 Å². The third kappa shape index (κ3) is 3.62. The second-order valence-electron chi connectivity index (χ2n) is 8.33. The minimum atomic E-state index is -3.02. The molecule has 1 aliphatic heterocycles. The summed E-state index contributed by atoms with van der Waals surface area (Å²) in [5.74, 6) is 1.15. The predicted molar refractivity (Wildman–Crippen MR) is 85.7 cm³/mol. The summed E-state index contributed by atoms with van der Waals surface area (Å²) in [5, 5.41) is 10.8. The van der Waals surface area contributed by atoms with Crippen LogP contribution in [0.15, 0.2) is 0 Å². The van der Waals surface area contributed by atoms with Crippen molar-refractivity contribution in [2.75, 3.05) is 18.1 Å². The van der Waals surface area contributed by atoms with Gasteiger partial charge in [-0.05, 0) is 49.4 Å². The van der Waals surface area contributed by atoms with Crippen molar-refractivity contribution in [3.63, 3.8) is 0 Å². The van der Waals surface area contributed by atoms with E-state index >= 15 is 0 Å². The van der Waals surface area contributed by atoms with Gasteiger partial charge in [0.15, 0.2) is 9.84 Å². The maximum atomic E-state index is 11.8. The van der Waals surface area contributed by atoms with E-state index in [1.165, 1.54) is 0 Å². The van der Waals surface area contributed by atoms with Crippen molar-refractivity contribution in [1.29, 1.82) is 0 Å². The van der Waals surface area contributed by atoms with Gasteiger partial charge >= 0.3 is 0 Å². The van der Waals surface area contributed by atoms with Crippen molar-refractivity contribution in [2.24, 2.45) is 28.4 Å². The summed E-state index contributed by atoms with van der Waals surface area (Å²) in [4.78, 5) is 0. The topological polar surface area (TPSA) is 80.4 Å². The van der Waals surface area contributed by atoms with E-state index in [0.717, 1.165) is 25.7 Å². The van der Waals surface area contributed by atoms with Crippen LogP contribution in [0.3, 0.4) is 0 Å². The molecule has 0 bridgehead atoms. The predicted octanol–water partition coefficient (Wildman–Crippen LogP) is 1.96. The fourth-order valence-corrected chi connectivity index (χ4v) is 6.43. The quantitative estimate of drug-likeness (QED) is 0.834. The second kappa shape index (κ2) is 5.82. The molecule has 1 saturated heterocycles. The fourth-order valence-electron chi connectivity index (χ4n) is 4.26. The first kappa shape index (κ1) is 17.2. The standard InChI is InChI=1S/C16H31NO3S/c1-15(2,3)13-6-4-12(5-7-13)14(18)16(10-17)8-9-21(19,20)11-16/h12-14,18H,4-11,17H2,1-3H3. The van der Waals surface area contributed by atoms with Gasteiger partial charge in [0.1, 0.15) is 0 Å². The molecule has 2 fully saturated rings. The van der Waals surface area contributed by atoms with E-state index in [9.17, 15) is 13.5 Å². The highest BCUT2D eigenvalue weighted by Crippen LogP contribution is 2.45. The molecular formula is C16H31NO3S. The second-order valence-corrected chi connectivity index (χ2v) is 10.5. The summed E-state index contributed by atoms with van der Waals surface area (Å²) in [6, 6.07) is 0. The molecule has 5 heteroatoms. The zero-order valence-corrected chi connectivity index (χ0v) is 14.5. The number of nitrogens with two attached hydrogens (primary N) is 1. The van der Waals surface area contributed by atoms with Crippen molar-refractivity contribution in [3.8, 4) is 0 Å². The normalized spacial score (nSPS) is 38.3. The van der Waals surface area contributed by atoms with Gasteiger partial charge in [0.05, 0.1) is 17.6 Å². The summed E-state index contributed by atoms with van der Waals surface area (Å²) in [5.41, 5.74) is 5.59. The minimum Gasteiger partial charge on any atom is -0.392 e. The smallest absolute Gasteiger partial charge is 0.151 e. The molecule has 1 saturated carbocycles. The monoisotopic (exact) mass is 317 g/mol. The third-order valence-corrected chi connectivity index (χ3v) is 7.74. The Morgan fingerprint density at radius 1 is 1.24 bits per heavy atom. The first-order valence-corrected chi connectivity index (χ1v) is 10.0. The SMILES string of the molecule is CC(C)(C)C1CCC(C(O)C2(CN)CCS(=O)(=O)C2)CC1. The van der Waals surface area contributed by atoms with E-state index in [2.05, 4.69) is 20.8 Å². The van der Waals surface area contributed by atoms with Crippen LogP contribution in [0.1, 0.15) is 52.9 Å². The minimum absolute atomic E-state index is 0.0663. The molecule has 1 aliphatic carbocycles. The Hall–Kier alpha value is -0.130. The first-order chi connectivity index (χ1) is 9.60. The summed E-state index contributed by atoms with van der Waals surface area (Å²) in [6.07, 6.45) is 4.18. The molecule has 0 spiro atoms. The lowest BCUT2D eigenvalue weighted by Crippen LogP contribution is -2.47. The molecule has 21 heavy (non-hydrogen) atoms. The van der Waals surface area contributed by atoms with Gasteiger partial charge in [-0.3, -0.25) is 0 Å². The molecule has 1 heterocycles. The van der Waals surface area contributed by atoms with E-state index in [-0.39, 0.29) is 24.0 Å². The Labute approximate surface area is 129 Å². The number of sulfone groups is 1. The Balaban J connectivity index is 2.03. The van der Waals surface area contributed by atoms with Crippen LogP contribution in [0.4, 0.5) is 0 Å². The van der Waals surface area contributed by atoms with Crippen LogP contribution in [0.5, 0.6) is 0 Å². The third-order valence-electron chi connectivity index (χ3n) is 5.90. The van der Waals surface area contributed by atoms with Gasteiger partial charge in [-0.25, -0.2) is 8.42 Å². The van der Waals surface area contributed by atoms with Gasteiger partial charge in [0, 0.05) is 12.0 Å².